The molecule has 1 aromatic carbocycles. The van der Waals surface area contributed by atoms with Gasteiger partial charge in [-0.1, -0.05) is 13.8 Å². The highest BCUT2D eigenvalue weighted by molar-refractivity contribution is 7.99. The van der Waals surface area contributed by atoms with Crippen LogP contribution in [-0.2, 0) is 9.53 Å². The first-order chi connectivity index (χ1) is 8.61. The van der Waals surface area contributed by atoms with Gasteiger partial charge in [0.05, 0.1) is 7.11 Å². The minimum atomic E-state index is -0.152. The second kappa shape index (κ2) is 8.03. The predicted molar refractivity (Wildman–Crippen MR) is 77.2 cm³/mol. The smallest absolute Gasteiger partial charge is 0.305 e. The summed E-state index contributed by atoms with van der Waals surface area (Å²) >= 11 is 1.85. The average Bonchev–Trinajstić information content (AvgIpc) is 2.35. The van der Waals surface area contributed by atoms with Crippen LogP contribution in [0.5, 0.6) is 0 Å². The highest BCUT2D eigenvalue weighted by Gasteiger charge is 2.00. The summed E-state index contributed by atoms with van der Waals surface area (Å²) in [5.74, 6) is -0.152. The van der Waals surface area contributed by atoms with Crippen LogP contribution in [0.1, 0.15) is 26.7 Å². The van der Waals surface area contributed by atoms with Crippen LogP contribution in [0.3, 0.4) is 0 Å². The van der Waals surface area contributed by atoms with Crippen LogP contribution in [0.15, 0.2) is 29.2 Å². The zero-order valence-electron chi connectivity index (χ0n) is 11.2. The molecular formula is C14H21NO2S. The summed E-state index contributed by atoms with van der Waals surface area (Å²) in [6.45, 7) is 5.15. The predicted octanol–water partition coefficient (Wildman–Crippen LogP) is 3.55. The Labute approximate surface area is 113 Å². The molecule has 1 rings (SSSR count). The third kappa shape index (κ3) is 5.96. The average molecular weight is 267 g/mol. The van der Waals surface area contributed by atoms with Gasteiger partial charge in [0.2, 0.25) is 0 Å². The van der Waals surface area contributed by atoms with E-state index in [2.05, 4.69) is 48.2 Å². The van der Waals surface area contributed by atoms with Gasteiger partial charge in [0.25, 0.3) is 0 Å². The van der Waals surface area contributed by atoms with Gasteiger partial charge in [-0.25, -0.2) is 0 Å². The second-order valence-corrected chi connectivity index (χ2v) is 5.95. The molecule has 0 heterocycles. The molecule has 0 aromatic heterocycles. The van der Waals surface area contributed by atoms with Gasteiger partial charge in [0.1, 0.15) is 0 Å². The molecule has 0 unspecified atom stereocenters. The molecule has 0 fully saturated rings. The normalized spacial score (nSPS) is 10.4. The Hall–Kier alpha value is -1.16. The van der Waals surface area contributed by atoms with Crippen molar-refractivity contribution < 1.29 is 9.53 Å². The van der Waals surface area contributed by atoms with Crippen molar-refractivity contribution in [2.24, 2.45) is 0 Å². The molecule has 100 valence electrons. The molecule has 0 bridgehead atoms. The number of esters is 1. The van der Waals surface area contributed by atoms with Crippen molar-refractivity contribution in [3.8, 4) is 0 Å². The van der Waals surface area contributed by atoms with Crippen LogP contribution in [-0.4, -0.2) is 24.9 Å². The maximum absolute atomic E-state index is 10.9. The van der Waals surface area contributed by atoms with Crippen molar-refractivity contribution in [3.63, 3.8) is 0 Å². The molecule has 0 atom stereocenters. The van der Waals surface area contributed by atoms with Crippen LogP contribution in [0.2, 0.25) is 0 Å². The standard InChI is InChI=1S/C14H21NO2S/c1-11(2)18-13-8-6-12(7-9-13)15-10-4-5-14(16)17-3/h6-9,11,15H,4-5,10H2,1-3H3. The van der Waals surface area contributed by atoms with Crippen LogP contribution in [0.4, 0.5) is 5.69 Å². The van der Waals surface area contributed by atoms with E-state index in [9.17, 15) is 4.79 Å². The summed E-state index contributed by atoms with van der Waals surface area (Å²) in [5.41, 5.74) is 1.09. The Bertz CT molecular complexity index is 363. The third-order valence-electron chi connectivity index (χ3n) is 2.34. The van der Waals surface area contributed by atoms with Crippen LogP contribution in [0, 0.1) is 0 Å². The van der Waals surface area contributed by atoms with E-state index in [1.54, 1.807) is 0 Å². The Balaban J connectivity index is 2.28. The minimum absolute atomic E-state index is 0.152. The topological polar surface area (TPSA) is 38.3 Å². The summed E-state index contributed by atoms with van der Waals surface area (Å²) in [6, 6.07) is 8.38. The molecule has 1 N–H and O–H groups in total. The molecule has 18 heavy (non-hydrogen) atoms. The van der Waals surface area contributed by atoms with Gasteiger partial charge in [-0.15, -0.1) is 11.8 Å². The van der Waals surface area contributed by atoms with E-state index < -0.39 is 0 Å². The van der Waals surface area contributed by atoms with Gasteiger partial charge in [0, 0.05) is 28.8 Å². The number of thioether (sulfide) groups is 1. The Morgan fingerprint density at radius 3 is 2.56 bits per heavy atom. The molecule has 3 nitrogen and oxygen atoms in total. The van der Waals surface area contributed by atoms with Crippen LogP contribution >= 0.6 is 11.8 Å². The van der Waals surface area contributed by atoms with Crippen molar-refractivity contribution in [3.05, 3.63) is 24.3 Å². The maximum atomic E-state index is 10.9. The first-order valence-electron chi connectivity index (χ1n) is 6.19. The molecule has 0 aliphatic heterocycles. The minimum Gasteiger partial charge on any atom is -0.469 e. The molecule has 0 saturated carbocycles. The lowest BCUT2D eigenvalue weighted by molar-refractivity contribution is -0.140. The van der Waals surface area contributed by atoms with Gasteiger partial charge < -0.3 is 10.1 Å². The molecule has 0 radical (unpaired) electrons. The quantitative estimate of drug-likeness (QED) is 0.466. The van der Waals surface area contributed by atoms with E-state index in [0.29, 0.717) is 11.7 Å². The number of ether oxygens (including phenoxy) is 1. The molecule has 0 spiro atoms. The zero-order valence-corrected chi connectivity index (χ0v) is 12.0. The second-order valence-electron chi connectivity index (χ2n) is 4.30. The Kier molecular flexibility index (Phi) is 6.65. The van der Waals surface area contributed by atoms with E-state index >= 15 is 0 Å². The fraction of sp³-hybridized carbons (Fsp3) is 0.500. The van der Waals surface area contributed by atoms with Crippen molar-refractivity contribution in [2.75, 3.05) is 19.0 Å². The van der Waals surface area contributed by atoms with E-state index in [0.717, 1.165) is 18.7 Å². The van der Waals surface area contributed by atoms with Gasteiger partial charge in [0.15, 0.2) is 0 Å². The lowest BCUT2D eigenvalue weighted by Gasteiger charge is -2.08. The number of carbonyl (C=O) groups excluding carboxylic acids is 1. The van der Waals surface area contributed by atoms with Crippen molar-refractivity contribution in [1.82, 2.24) is 0 Å². The van der Waals surface area contributed by atoms with E-state index in [-0.39, 0.29) is 5.97 Å². The number of carbonyl (C=O) groups is 1. The van der Waals surface area contributed by atoms with E-state index in [1.165, 1.54) is 12.0 Å². The molecule has 1 aromatic rings. The summed E-state index contributed by atoms with van der Waals surface area (Å²) in [4.78, 5) is 12.2. The van der Waals surface area contributed by atoms with Gasteiger partial charge in [-0.05, 0) is 30.7 Å². The third-order valence-corrected chi connectivity index (χ3v) is 3.36. The molecule has 4 heteroatoms. The first-order valence-corrected chi connectivity index (χ1v) is 7.07. The van der Waals surface area contributed by atoms with Gasteiger partial charge in [-0.2, -0.15) is 0 Å². The molecule has 0 aliphatic carbocycles. The van der Waals surface area contributed by atoms with E-state index in [1.807, 2.05) is 11.8 Å². The van der Waals surface area contributed by atoms with Gasteiger partial charge in [-0.3, -0.25) is 4.79 Å². The zero-order chi connectivity index (χ0) is 13.4. The number of nitrogens with one attached hydrogen (secondary N) is 1. The van der Waals surface area contributed by atoms with Crippen LogP contribution in [0.25, 0.3) is 0 Å². The number of anilines is 1. The number of benzene rings is 1. The molecular weight excluding hydrogens is 246 g/mol. The van der Waals surface area contributed by atoms with Crippen molar-refractivity contribution in [1.29, 1.82) is 0 Å². The highest BCUT2D eigenvalue weighted by Crippen LogP contribution is 2.24. The van der Waals surface area contributed by atoms with E-state index in [4.69, 9.17) is 0 Å². The largest absolute Gasteiger partial charge is 0.469 e. The number of methoxy groups -OCH3 is 1. The van der Waals surface area contributed by atoms with Crippen molar-refractivity contribution >= 4 is 23.4 Å². The lowest BCUT2D eigenvalue weighted by atomic mass is 10.3. The SMILES string of the molecule is COC(=O)CCCNc1ccc(SC(C)C)cc1. The Morgan fingerprint density at radius 2 is 2.00 bits per heavy atom. The molecule has 0 saturated heterocycles. The number of hydrogen-bond acceptors (Lipinski definition) is 4. The van der Waals surface area contributed by atoms with Crippen molar-refractivity contribution in [2.45, 2.75) is 36.8 Å². The summed E-state index contributed by atoms with van der Waals surface area (Å²) in [5, 5.41) is 3.89. The number of hydrogen-bond donors (Lipinski definition) is 1. The van der Waals surface area contributed by atoms with Gasteiger partial charge >= 0.3 is 5.97 Å². The summed E-state index contributed by atoms with van der Waals surface area (Å²) in [7, 11) is 1.42. The highest BCUT2D eigenvalue weighted by atomic mass is 32.2. The first kappa shape index (κ1) is 14.9. The monoisotopic (exact) mass is 267 g/mol. The Morgan fingerprint density at radius 1 is 1.33 bits per heavy atom. The lowest BCUT2D eigenvalue weighted by Crippen LogP contribution is -2.06. The fourth-order valence-corrected chi connectivity index (χ4v) is 2.33. The summed E-state index contributed by atoms with van der Waals surface area (Å²) < 4.78 is 4.59. The summed E-state index contributed by atoms with van der Waals surface area (Å²) in [6.07, 6.45) is 1.25. The fourth-order valence-electron chi connectivity index (χ4n) is 1.49. The maximum Gasteiger partial charge on any atom is 0.305 e. The van der Waals surface area contributed by atoms with Crippen LogP contribution < -0.4 is 5.32 Å². The molecule has 0 aliphatic rings. The number of rotatable bonds is 7. The molecule has 0 amide bonds.